The van der Waals surface area contributed by atoms with Gasteiger partial charge in [-0.15, -0.1) is 0 Å². The van der Waals surface area contributed by atoms with Gasteiger partial charge in [-0.25, -0.2) is 0 Å². The largest absolute Gasteiger partial charge is 0.497 e. The Hall–Kier alpha value is -1.75. The van der Waals surface area contributed by atoms with Gasteiger partial charge in [0.25, 0.3) is 0 Å². The summed E-state index contributed by atoms with van der Waals surface area (Å²) in [7, 11) is 1.55. The second kappa shape index (κ2) is 6.80. The highest BCUT2D eigenvalue weighted by Crippen LogP contribution is 2.27. The van der Waals surface area contributed by atoms with E-state index in [-0.39, 0.29) is 11.8 Å². The summed E-state index contributed by atoms with van der Waals surface area (Å²) >= 11 is 6.11. The van der Waals surface area contributed by atoms with E-state index in [4.69, 9.17) is 16.3 Å². The van der Waals surface area contributed by atoms with E-state index in [0.717, 1.165) is 6.42 Å². The average molecular weight is 311 g/mol. The number of rotatable bonds is 5. The van der Waals surface area contributed by atoms with Gasteiger partial charge >= 0.3 is 0 Å². The molecule has 1 heterocycles. The van der Waals surface area contributed by atoms with Gasteiger partial charge in [0.1, 0.15) is 11.8 Å². The van der Waals surface area contributed by atoms with Crippen molar-refractivity contribution in [3.05, 3.63) is 23.2 Å². The van der Waals surface area contributed by atoms with Crippen molar-refractivity contribution in [1.82, 2.24) is 4.90 Å². The molecule has 1 aromatic rings. The molecule has 1 saturated heterocycles. The number of likely N-dealkylation sites (tertiary alicyclic amines) is 1. The number of halogens is 1. The van der Waals surface area contributed by atoms with Crippen LogP contribution in [0.15, 0.2) is 18.2 Å². The first kappa shape index (κ1) is 15.6. The molecule has 1 N–H and O–H groups in total. The minimum atomic E-state index is -0.446. The van der Waals surface area contributed by atoms with Crippen molar-refractivity contribution in [2.24, 2.45) is 0 Å². The first-order chi connectivity index (χ1) is 10.1. The smallest absolute Gasteiger partial charge is 0.247 e. The maximum atomic E-state index is 12.4. The highest BCUT2D eigenvalue weighted by atomic mass is 35.5. The number of carbonyl (C=O) groups excluding carboxylic acids is 2. The van der Waals surface area contributed by atoms with Gasteiger partial charge in [-0.05, 0) is 25.0 Å². The van der Waals surface area contributed by atoms with Crippen LogP contribution in [-0.2, 0) is 9.59 Å². The summed E-state index contributed by atoms with van der Waals surface area (Å²) in [5, 5.41) is 3.20. The zero-order valence-corrected chi connectivity index (χ0v) is 12.9. The molecule has 1 atom stereocenters. The summed E-state index contributed by atoms with van der Waals surface area (Å²) in [5.41, 5.74) is 0.521. The molecule has 6 heteroatoms. The SMILES string of the molecule is CCC(C(=O)Nc1ccc(OC)cc1Cl)N1CCCC1=O. The van der Waals surface area contributed by atoms with Gasteiger partial charge in [-0.1, -0.05) is 18.5 Å². The normalized spacial score (nSPS) is 16.0. The fourth-order valence-corrected chi connectivity index (χ4v) is 2.70. The van der Waals surface area contributed by atoms with Crippen LogP contribution in [-0.4, -0.2) is 36.4 Å². The molecule has 1 aliphatic rings. The minimum Gasteiger partial charge on any atom is -0.497 e. The van der Waals surface area contributed by atoms with Gasteiger partial charge in [-0.2, -0.15) is 0 Å². The van der Waals surface area contributed by atoms with Crippen molar-refractivity contribution in [2.45, 2.75) is 32.2 Å². The monoisotopic (exact) mass is 310 g/mol. The summed E-state index contributed by atoms with van der Waals surface area (Å²) in [5.74, 6) is 0.456. The van der Waals surface area contributed by atoms with Gasteiger partial charge in [0, 0.05) is 19.0 Å². The molecule has 0 aliphatic carbocycles. The van der Waals surface area contributed by atoms with Gasteiger partial charge in [0.2, 0.25) is 11.8 Å². The van der Waals surface area contributed by atoms with Crippen LogP contribution in [0.1, 0.15) is 26.2 Å². The molecular weight excluding hydrogens is 292 g/mol. The summed E-state index contributed by atoms with van der Waals surface area (Å²) in [4.78, 5) is 25.8. The van der Waals surface area contributed by atoms with E-state index in [9.17, 15) is 9.59 Å². The number of hydrogen-bond donors (Lipinski definition) is 1. The van der Waals surface area contributed by atoms with Crippen LogP contribution in [0.4, 0.5) is 5.69 Å². The molecule has 2 amide bonds. The molecule has 0 bridgehead atoms. The second-order valence-electron chi connectivity index (χ2n) is 4.95. The number of anilines is 1. The van der Waals surface area contributed by atoms with Crippen LogP contribution >= 0.6 is 11.6 Å². The lowest BCUT2D eigenvalue weighted by Gasteiger charge is -2.26. The van der Waals surface area contributed by atoms with Crippen LogP contribution < -0.4 is 10.1 Å². The molecule has 21 heavy (non-hydrogen) atoms. The van der Waals surface area contributed by atoms with Gasteiger partial charge < -0.3 is 15.0 Å². The third-order valence-corrected chi connectivity index (χ3v) is 3.92. The number of benzene rings is 1. The second-order valence-corrected chi connectivity index (χ2v) is 5.36. The third kappa shape index (κ3) is 3.47. The first-order valence-electron chi connectivity index (χ1n) is 7.00. The van der Waals surface area contributed by atoms with Crippen LogP contribution in [0.3, 0.4) is 0 Å². The fraction of sp³-hybridized carbons (Fsp3) is 0.467. The van der Waals surface area contributed by atoms with Crippen molar-refractivity contribution in [3.63, 3.8) is 0 Å². The Labute approximate surface area is 129 Å². The Morgan fingerprint density at radius 3 is 2.81 bits per heavy atom. The number of nitrogens with one attached hydrogen (secondary N) is 1. The summed E-state index contributed by atoms with van der Waals surface area (Å²) in [6.45, 7) is 2.53. The predicted molar refractivity (Wildman–Crippen MR) is 81.7 cm³/mol. The first-order valence-corrected chi connectivity index (χ1v) is 7.38. The average Bonchev–Trinajstić information content (AvgIpc) is 2.88. The van der Waals surface area contributed by atoms with Crippen LogP contribution in [0, 0.1) is 0 Å². The highest BCUT2D eigenvalue weighted by molar-refractivity contribution is 6.33. The fourth-order valence-electron chi connectivity index (χ4n) is 2.49. The molecule has 1 fully saturated rings. The Balaban J connectivity index is 2.10. The summed E-state index contributed by atoms with van der Waals surface area (Å²) < 4.78 is 5.07. The molecular formula is C15H19ClN2O3. The molecule has 0 saturated carbocycles. The van der Waals surface area contributed by atoms with E-state index in [1.165, 1.54) is 0 Å². The molecule has 114 valence electrons. The summed E-state index contributed by atoms with van der Waals surface area (Å²) in [6.07, 6.45) is 1.91. The van der Waals surface area contributed by atoms with E-state index in [1.54, 1.807) is 30.2 Å². The van der Waals surface area contributed by atoms with Gasteiger partial charge in [-0.3, -0.25) is 9.59 Å². The van der Waals surface area contributed by atoms with Gasteiger partial charge in [0.05, 0.1) is 17.8 Å². The van der Waals surface area contributed by atoms with E-state index in [1.807, 2.05) is 6.92 Å². The van der Waals surface area contributed by atoms with Crippen molar-refractivity contribution >= 4 is 29.1 Å². The number of carbonyl (C=O) groups is 2. The highest BCUT2D eigenvalue weighted by Gasteiger charge is 2.31. The molecule has 1 unspecified atom stereocenters. The molecule has 0 spiro atoms. The Morgan fingerprint density at radius 1 is 1.52 bits per heavy atom. The maximum Gasteiger partial charge on any atom is 0.247 e. The van der Waals surface area contributed by atoms with Crippen molar-refractivity contribution in [2.75, 3.05) is 19.0 Å². The lowest BCUT2D eigenvalue weighted by Crippen LogP contribution is -2.44. The Bertz CT molecular complexity index is 548. The van der Waals surface area contributed by atoms with E-state index < -0.39 is 6.04 Å². The topological polar surface area (TPSA) is 58.6 Å². The van der Waals surface area contributed by atoms with Crippen LogP contribution in [0.25, 0.3) is 0 Å². The number of ether oxygens (including phenoxy) is 1. The lowest BCUT2D eigenvalue weighted by molar-refractivity contribution is -0.135. The zero-order chi connectivity index (χ0) is 15.4. The predicted octanol–water partition coefficient (Wildman–Crippen LogP) is 2.69. The third-order valence-electron chi connectivity index (χ3n) is 3.61. The van der Waals surface area contributed by atoms with E-state index in [0.29, 0.717) is 35.8 Å². The van der Waals surface area contributed by atoms with Gasteiger partial charge in [0.15, 0.2) is 0 Å². The molecule has 5 nitrogen and oxygen atoms in total. The molecule has 0 aromatic heterocycles. The molecule has 1 aromatic carbocycles. The standard InChI is InChI=1S/C15H19ClN2O3/c1-3-13(18-8-4-5-14(18)19)15(20)17-12-7-6-10(21-2)9-11(12)16/h6-7,9,13H,3-5,8H2,1-2H3,(H,17,20). The number of nitrogens with zero attached hydrogens (tertiary/aromatic N) is 1. The lowest BCUT2D eigenvalue weighted by atomic mass is 10.1. The molecule has 2 rings (SSSR count). The molecule has 1 aliphatic heterocycles. The van der Waals surface area contributed by atoms with Crippen molar-refractivity contribution in [3.8, 4) is 5.75 Å². The van der Waals surface area contributed by atoms with Crippen LogP contribution in [0.2, 0.25) is 5.02 Å². The van der Waals surface area contributed by atoms with Crippen molar-refractivity contribution in [1.29, 1.82) is 0 Å². The number of amides is 2. The molecule has 0 radical (unpaired) electrons. The quantitative estimate of drug-likeness (QED) is 0.909. The maximum absolute atomic E-state index is 12.4. The number of methoxy groups -OCH3 is 1. The number of hydrogen-bond acceptors (Lipinski definition) is 3. The zero-order valence-electron chi connectivity index (χ0n) is 12.2. The Morgan fingerprint density at radius 2 is 2.29 bits per heavy atom. The van der Waals surface area contributed by atoms with Crippen LogP contribution in [0.5, 0.6) is 5.75 Å². The Kier molecular flexibility index (Phi) is 5.07. The van der Waals surface area contributed by atoms with E-state index >= 15 is 0 Å². The summed E-state index contributed by atoms with van der Waals surface area (Å²) in [6, 6.07) is 4.61. The van der Waals surface area contributed by atoms with Crippen molar-refractivity contribution < 1.29 is 14.3 Å². The van der Waals surface area contributed by atoms with E-state index in [2.05, 4.69) is 5.32 Å². The minimum absolute atomic E-state index is 0.0397.